The van der Waals surface area contributed by atoms with Gasteiger partial charge in [-0.05, 0) is 80.7 Å². The number of phenols is 1. The van der Waals surface area contributed by atoms with Crippen LogP contribution in [0, 0.1) is 6.92 Å². The first-order chi connectivity index (χ1) is 14.9. The van der Waals surface area contributed by atoms with Gasteiger partial charge in [0.2, 0.25) is 0 Å². The summed E-state index contributed by atoms with van der Waals surface area (Å²) < 4.78 is 11.8. The number of aryl methyl sites for hydroxylation is 1. The summed E-state index contributed by atoms with van der Waals surface area (Å²) in [6.45, 7) is 1.92. The quantitative estimate of drug-likeness (QED) is 0.365. The van der Waals surface area contributed by atoms with E-state index in [-0.39, 0.29) is 11.4 Å². The Bertz CT molecular complexity index is 1030. The van der Waals surface area contributed by atoms with Gasteiger partial charge in [-0.2, -0.15) is 0 Å². The van der Waals surface area contributed by atoms with E-state index in [2.05, 4.69) is 22.2 Å². The van der Waals surface area contributed by atoms with Crippen LogP contribution in [0.5, 0.6) is 17.2 Å². The molecule has 2 aromatic carbocycles. The zero-order valence-corrected chi connectivity index (χ0v) is 19.1. The number of ether oxygens (including phenoxy) is 2. The molecule has 0 bridgehead atoms. The number of hydrogen-bond acceptors (Lipinski definition) is 5. The minimum absolute atomic E-state index is 0.178. The summed E-state index contributed by atoms with van der Waals surface area (Å²) in [7, 11) is 1.58. The zero-order valence-electron chi connectivity index (χ0n) is 17.5. The summed E-state index contributed by atoms with van der Waals surface area (Å²) in [4.78, 5) is 0. The number of nitrogens with one attached hydrogen (secondary N) is 3. The average Bonchev–Trinajstić information content (AvgIpc) is 2.75. The Balaban J connectivity index is 1.53. The third-order valence-corrected chi connectivity index (χ3v) is 6.32. The van der Waals surface area contributed by atoms with E-state index in [0.717, 1.165) is 48.3 Å². The second-order valence-electron chi connectivity index (χ2n) is 7.97. The molecule has 4 N–H and O–H groups in total. The van der Waals surface area contributed by atoms with E-state index >= 15 is 0 Å². The monoisotopic (exact) mass is 459 g/mol. The molecular weight excluding hydrogens is 434 g/mol. The molecule has 164 valence electrons. The van der Waals surface area contributed by atoms with Gasteiger partial charge in [0.25, 0.3) is 0 Å². The molecule has 1 fully saturated rings. The van der Waals surface area contributed by atoms with Gasteiger partial charge in [0.1, 0.15) is 22.8 Å². The van der Waals surface area contributed by atoms with Gasteiger partial charge in [-0.3, -0.25) is 10.9 Å². The van der Waals surface area contributed by atoms with Gasteiger partial charge in [0.15, 0.2) is 5.11 Å². The molecule has 0 unspecified atom stereocenters. The maximum absolute atomic E-state index is 9.99. The topological polar surface area (TPSA) is 74.8 Å². The van der Waals surface area contributed by atoms with Crippen molar-refractivity contribution in [3.05, 3.63) is 52.6 Å². The van der Waals surface area contributed by atoms with Gasteiger partial charge >= 0.3 is 0 Å². The van der Waals surface area contributed by atoms with E-state index in [1.165, 1.54) is 6.42 Å². The Kier molecular flexibility index (Phi) is 6.16. The van der Waals surface area contributed by atoms with Crippen LogP contribution in [0.2, 0.25) is 5.02 Å². The second-order valence-corrected chi connectivity index (χ2v) is 8.79. The van der Waals surface area contributed by atoms with Gasteiger partial charge in [-0.25, -0.2) is 0 Å². The number of rotatable bonds is 4. The smallest absolute Gasteiger partial charge is 0.189 e. The van der Waals surface area contributed by atoms with Crippen LogP contribution in [0.15, 0.2) is 36.4 Å². The van der Waals surface area contributed by atoms with Crippen molar-refractivity contribution in [3.63, 3.8) is 0 Å². The van der Waals surface area contributed by atoms with Crippen LogP contribution >= 0.6 is 23.8 Å². The molecule has 4 rings (SSSR count). The number of anilines is 1. The van der Waals surface area contributed by atoms with Crippen LogP contribution in [0.1, 0.15) is 43.2 Å². The third kappa shape index (κ3) is 4.67. The maximum Gasteiger partial charge on any atom is 0.189 e. The van der Waals surface area contributed by atoms with Gasteiger partial charge in [-0.1, -0.05) is 18.0 Å². The van der Waals surface area contributed by atoms with Crippen molar-refractivity contribution in [2.24, 2.45) is 0 Å². The average molecular weight is 460 g/mol. The molecule has 1 aliphatic carbocycles. The standard InChI is InChI=1S/C23H26ClN3O3S/c1-14-10-18(21(29-2)12-17(14)24)25-22(31)27-26-19-13-23(8-4-3-5-9-23)30-20-7-6-15(28)11-16(19)20/h6-7,10-13,26,28H,3-5,8-9H2,1-2H3,(H2,25,27,31). The van der Waals surface area contributed by atoms with Gasteiger partial charge in [0, 0.05) is 16.7 Å². The molecule has 0 saturated heterocycles. The number of benzene rings is 2. The Labute approximate surface area is 192 Å². The van der Waals surface area contributed by atoms with Crippen LogP contribution in [-0.2, 0) is 0 Å². The Hall–Kier alpha value is -2.64. The summed E-state index contributed by atoms with van der Waals surface area (Å²) in [5, 5.41) is 14.1. The Morgan fingerprint density at radius 3 is 2.71 bits per heavy atom. The van der Waals surface area contributed by atoms with Crippen LogP contribution < -0.4 is 25.6 Å². The maximum atomic E-state index is 9.99. The van der Waals surface area contributed by atoms with Crippen molar-refractivity contribution in [3.8, 4) is 17.2 Å². The summed E-state index contributed by atoms with van der Waals surface area (Å²) in [5.41, 5.74) is 9.15. The highest BCUT2D eigenvalue weighted by Gasteiger charge is 2.37. The minimum atomic E-state index is -0.336. The lowest BCUT2D eigenvalue weighted by Gasteiger charge is -2.39. The van der Waals surface area contributed by atoms with Crippen molar-refractivity contribution in [2.45, 2.75) is 44.6 Å². The lowest BCUT2D eigenvalue weighted by atomic mass is 9.82. The predicted molar refractivity (Wildman–Crippen MR) is 128 cm³/mol. The number of aromatic hydroxyl groups is 1. The summed E-state index contributed by atoms with van der Waals surface area (Å²) in [6, 6.07) is 8.78. The van der Waals surface area contributed by atoms with E-state index in [0.29, 0.717) is 21.6 Å². The fourth-order valence-corrected chi connectivity index (χ4v) is 4.43. The Morgan fingerprint density at radius 1 is 1.19 bits per heavy atom. The SMILES string of the molecule is COc1cc(Cl)c(C)cc1NC(=S)NNC1=CC2(CCCCC2)Oc2ccc(O)cc21. The van der Waals surface area contributed by atoms with Gasteiger partial charge in [0.05, 0.1) is 18.5 Å². The first-order valence-electron chi connectivity index (χ1n) is 10.3. The molecule has 0 radical (unpaired) electrons. The molecule has 1 aliphatic heterocycles. The highest BCUT2D eigenvalue weighted by atomic mass is 35.5. The third-order valence-electron chi connectivity index (χ3n) is 5.71. The van der Waals surface area contributed by atoms with Gasteiger partial charge in [-0.15, -0.1) is 0 Å². The molecule has 0 amide bonds. The van der Waals surface area contributed by atoms with E-state index in [4.69, 9.17) is 33.3 Å². The molecule has 8 heteroatoms. The molecule has 0 aromatic heterocycles. The molecule has 1 heterocycles. The summed E-state index contributed by atoms with van der Waals surface area (Å²) in [6.07, 6.45) is 7.50. The molecular formula is C23H26ClN3O3S. The molecule has 0 atom stereocenters. The fourth-order valence-electron chi connectivity index (χ4n) is 4.11. The zero-order chi connectivity index (χ0) is 22.0. The lowest BCUT2D eigenvalue weighted by molar-refractivity contribution is 0.0739. The van der Waals surface area contributed by atoms with E-state index in [9.17, 15) is 5.11 Å². The van der Waals surface area contributed by atoms with Crippen LogP contribution in [-0.4, -0.2) is 22.9 Å². The number of hydrazine groups is 1. The second kappa shape index (κ2) is 8.85. The highest BCUT2D eigenvalue weighted by Crippen LogP contribution is 2.43. The van der Waals surface area contributed by atoms with Crippen LogP contribution in [0.4, 0.5) is 5.69 Å². The molecule has 2 aromatic rings. The van der Waals surface area contributed by atoms with Crippen LogP contribution in [0.25, 0.3) is 5.70 Å². The van der Waals surface area contributed by atoms with Gasteiger partial charge < -0.3 is 19.9 Å². The summed E-state index contributed by atoms with van der Waals surface area (Å²) in [5.74, 6) is 1.53. The van der Waals surface area contributed by atoms with E-state index < -0.39 is 0 Å². The fraction of sp³-hybridized carbons (Fsp3) is 0.348. The minimum Gasteiger partial charge on any atom is -0.508 e. The lowest BCUT2D eigenvalue weighted by Crippen LogP contribution is -2.44. The van der Waals surface area contributed by atoms with Crippen molar-refractivity contribution in [2.75, 3.05) is 12.4 Å². The first kappa shape index (κ1) is 21.6. The molecule has 1 saturated carbocycles. The van der Waals surface area contributed by atoms with Crippen molar-refractivity contribution < 1.29 is 14.6 Å². The number of halogens is 1. The Morgan fingerprint density at radius 2 is 1.97 bits per heavy atom. The summed E-state index contributed by atoms with van der Waals surface area (Å²) >= 11 is 11.7. The molecule has 31 heavy (non-hydrogen) atoms. The molecule has 2 aliphatic rings. The molecule has 6 nitrogen and oxygen atoms in total. The number of phenolic OH excluding ortho intramolecular Hbond substituents is 1. The number of fused-ring (bicyclic) bond motifs is 1. The number of thiocarbonyl (C=S) groups is 1. The van der Waals surface area contributed by atoms with E-state index in [1.807, 2.05) is 19.1 Å². The van der Waals surface area contributed by atoms with Crippen molar-refractivity contribution in [1.29, 1.82) is 0 Å². The predicted octanol–water partition coefficient (Wildman–Crippen LogP) is 5.29. The molecule has 1 spiro atoms. The first-order valence-corrected chi connectivity index (χ1v) is 11.1. The van der Waals surface area contributed by atoms with Crippen molar-refractivity contribution in [1.82, 2.24) is 10.9 Å². The number of hydrogen-bond donors (Lipinski definition) is 4. The van der Waals surface area contributed by atoms with Crippen LogP contribution in [0.3, 0.4) is 0 Å². The van der Waals surface area contributed by atoms with Crippen molar-refractivity contribution >= 4 is 40.3 Å². The highest BCUT2D eigenvalue weighted by molar-refractivity contribution is 7.80. The normalized spacial score (nSPS) is 16.5. The number of methoxy groups -OCH3 is 1. The van der Waals surface area contributed by atoms with E-state index in [1.54, 1.807) is 25.3 Å². The largest absolute Gasteiger partial charge is 0.508 e.